The lowest BCUT2D eigenvalue weighted by Crippen LogP contribution is -1.95. The molecule has 0 aromatic carbocycles. The van der Waals surface area contributed by atoms with Gasteiger partial charge in [-0.2, -0.15) is 0 Å². The summed E-state index contributed by atoms with van der Waals surface area (Å²) < 4.78 is 7.26. The third-order valence-corrected chi connectivity index (χ3v) is 2.68. The van der Waals surface area contributed by atoms with Gasteiger partial charge in [0.1, 0.15) is 5.56 Å². The number of nitrogens with zero attached hydrogens (tertiary/aromatic N) is 3. The van der Waals surface area contributed by atoms with E-state index in [9.17, 15) is 4.79 Å². The molecule has 0 aliphatic heterocycles. The largest absolute Gasteiger partial charge is 0.479 e. The van der Waals surface area contributed by atoms with Gasteiger partial charge in [-0.15, -0.1) is 5.10 Å². The highest BCUT2D eigenvalue weighted by Gasteiger charge is 2.16. The Kier molecular flexibility index (Phi) is 3.44. The van der Waals surface area contributed by atoms with E-state index in [4.69, 9.17) is 16.3 Å². The molecule has 0 saturated carbocycles. The number of carbonyl (C=O) groups is 1. The molecule has 0 bridgehead atoms. The zero-order valence-electron chi connectivity index (χ0n) is 8.72. The summed E-state index contributed by atoms with van der Waals surface area (Å²) >= 11 is 8.72. The van der Waals surface area contributed by atoms with Crippen LogP contribution in [0.25, 0.3) is 5.69 Å². The van der Waals surface area contributed by atoms with Crippen molar-refractivity contribution in [2.45, 2.75) is 0 Å². The Morgan fingerprint density at radius 3 is 2.82 bits per heavy atom. The summed E-state index contributed by atoms with van der Waals surface area (Å²) in [7, 11) is 1.43. The normalized spacial score (nSPS) is 10.3. The van der Waals surface area contributed by atoms with Gasteiger partial charge >= 0.3 is 0 Å². The first-order chi connectivity index (χ1) is 8.11. The minimum absolute atomic E-state index is 0.185. The van der Waals surface area contributed by atoms with Gasteiger partial charge in [0.05, 0.1) is 19.0 Å². The van der Waals surface area contributed by atoms with Crippen molar-refractivity contribution < 1.29 is 9.53 Å². The molecule has 0 spiro atoms. The molecule has 5 nitrogen and oxygen atoms in total. The highest BCUT2D eigenvalue weighted by Crippen LogP contribution is 2.21. The first-order valence-electron chi connectivity index (χ1n) is 4.56. The number of halogens is 2. The Bertz CT molecular complexity index is 570. The predicted octanol–water partition coefficient (Wildman–Crippen LogP) is 2.42. The van der Waals surface area contributed by atoms with Gasteiger partial charge in [-0.3, -0.25) is 9.78 Å². The van der Waals surface area contributed by atoms with Gasteiger partial charge in [-0.25, -0.2) is 4.68 Å². The highest BCUT2D eigenvalue weighted by atomic mass is 79.9. The molecule has 0 aliphatic carbocycles. The van der Waals surface area contributed by atoms with Crippen LogP contribution < -0.4 is 4.74 Å². The lowest BCUT2D eigenvalue weighted by atomic mass is 10.4. The fraction of sp³-hybridized carbons (Fsp3) is 0.100. The van der Waals surface area contributed by atoms with Crippen LogP contribution in [0.15, 0.2) is 29.1 Å². The number of pyridine rings is 1. The van der Waals surface area contributed by atoms with E-state index in [1.165, 1.54) is 18.0 Å². The molecule has 88 valence electrons. The van der Waals surface area contributed by atoms with Gasteiger partial charge in [0.2, 0.25) is 5.88 Å². The second-order valence-corrected chi connectivity index (χ2v) is 4.39. The van der Waals surface area contributed by atoms with Crippen molar-refractivity contribution in [3.8, 4) is 11.6 Å². The molecule has 0 unspecified atom stereocenters. The van der Waals surface area contributed by atoms with E-state index in [-0.39, 0.29) is 11.4 Å². The summed E-state index contributed by atoms with van der Waals surface area (Å²) in [4.78, 5) is 15.1. The van der Waals surface area contributed by atoms with Crippen molar-refractivity contribution in [3.05, 3.63) is 34.7 Å². The summed E-state index contributed by atoms with van der Waals surface area (Å²) in [5.41, 5.74) is 0.913. The number of hydrogen-bond acceptors (Lipinski definition) is 4. The second-order valence-electron chi connectivity index (χ2n) is 3.13. The standard InChI is InChI=1S/C10H7BrClN3O2/c1-17-10-8(9(12)16)5-15(14-10)7-2-6(11)3-13-4-7/h2-5H,1H3. The third-order valence-electron chi connectivity index (χ3n) is 2.04. The van der Waals surface area contributed by atoms with Crippen LogP contribution in [-0.4, -0.2) is 27.1 Å². The van der Waals surface area contributed by atoms with Crippen molar-refractivity contribution in [3.63, 3.8) is 0 Å². The molecule has 2 aromatic rings. The van der Waals surface area contributed by atoms with Crippen LogP contribution in [0.1, 0.15) is 10.4 Å². The van der Waals surface area contributed by atoms with E-state index in [0.29, 0.717) is 5.69 Å². The molecule has 0 amide bonds. The summed E-state index contributed by atoms with van der Waals surface area (Å²) in [5, 5.41) is 3.47. The van der Waals surface area contributed by atoms with Crippen LogP contribution in [0.3, 0.4) is 0 Å². The minimum Gasteiger partial charge on any atom is -0.479 e. The summed E-state index contributed by atoms with van der Waals surface area (Å²) in [6, 6.07) is 1.81. The Balaban J connectivity index is 2.50. The predicted molar refractivity (Wildman–Crippen MR) is 65.8 cm³/mol. The zero-order chi connectivity index (χ0) is 12.4. The van der Waals surface area contributed by atoms with E-state index in [0.717, 1.165) is 4.47 Å². The summed E-state index contributed by atoms with van der Waals surface area (Å²) in [6.45, 7) is 0. The molecule has 2 aromatic heterocycles. The van der Waals surface area contributed by atoms with E-state index in [1.54, 1.807) is 12.4 Å². The first-order valence-corrected chi connectivity index (χ1v) is 5.73. The fourth-order valence-corrected chi connectivity index (χ4v) is 1.78. The van der Waals surface area contributed by atoms with Gasteiger partial charge < -0.3 is 4.74 Å². The maximum Gasteiger partial charge on any atom is 0.259 e. The third kappa shape index (κ3) is 2.48. The number of rotatable bonds is 3. The monoisotopic (exact) mass is 315 g/mol. The van der Waals surface area contributed by atoms with E-state index in [1.807, 2.05) is 6.07 Å². The molecule has 0 atom stereocenters. The average Bonchev–Trinajstić information content (AvgIpc) is 2.73. The van der Waals surface area contributed by atoms with Crippen LogP contribution in [-0.2, 0) is 0 Å². The number of methoxy groups -OCH3 is 1. The quantitative estimate of drug-likeness (QED) is 0.816. The second kappa shape index (κ2) is 4.85. The van der Waals surface area contributed by atoms with E-state index < -0.39 is 5.24 Å². The van der Waals surface area contributed by atoms with Crippen molar-refractivity contribution in [2.75, 3.05) is 7.11 Å². The van der Waals surface area contributed by atoms with Gasteiger partial charge in [-0.05, 0) is 33.6 Å². The zero-order valence-corrected chi connectivity index (χ0v) is 11.1. The van der Waals surface area contributed by atoms with Gasteiger partial charge in [0.25, 0.3) is 5.24 Å². The molecule has 0 radical (unpaired) electrons. The average molecular weight is 317 g/mol. The number of carbonyl (C=O) groups excluding carboxylic acids is 1. The molecule has 0 N–H and O–H groups in total. The Hall–Kier alpha value is -1.40. The van der Waals surface area contributed by atoms with Crippen molar-refractivity contribution in [2.24, 2.45) is 0 Å². The molecule has 17 heavy (non-hydrogen) atoms. The Morgan fingerprint density at radius 1 is 1.53 bits per heavy atom. The SMILES string of the molecule is COc1nn(-c2cncc(Br)c2)cc1C(=O)Cl. The lowest BCUT2D eigenvalue weighted by molar-refractivity contribution is 0.107. The van der Waals surface area contributed by atoms with Crippen LogP contribution in [0.2, 0.25) is 0 Å². The van der Waals surface area contributed by atoms with Gasteiger partial charge in [0, 0.05) is 16.9 Å². The van der Waals surface area contributed by atoms with Crippen molar-refractivity contribution >= 4 is 32.8 Å². The number of hydrogen-bond donors (Lipinski definition) is 0. The number of ether oxygens (including phenoxy) is 1. The van der Waals surface area contributed by atoms with Gasteiger partial charge in [0.15, 0.2) is 0 Å². The molecule has 2 heterocycles. The van der Waals surface area contributed by atoms with Crippen molar-refractivity contribution in [1.29, 1.82) is 0 Å². The lowest BCUT2D eigenvalue weighted by Gasteiger charge is -1.99. The molecular formula is C10H7BrClN3O2. The number of aromatic nitrogens is 3. The maximum atomic E-state index is 11.1. The first kappa shape index (κ1) is 12.1. The van der Waals surface area contributed by atoms with Gasteiger partial charge in [-0.1, -0.05) is 0 Å². The van der Waals surface area contributed by atoms with Crippen LogP contribution in [0.4, 0.5) is 0 Å². The highest BCUT2D eigenvalue weighted by molar-refractivity contribution is 9.10. The van der Waals surface area contributed by atoms with E-state index >= 15 is 0 Å². The fourth-order valence-electron chi connectivity index (χ4n) is 1.30. The van der Waals surface area contributed by atoms with Crippen molar-refractivity contribution in [1.82, 2.24) is 14.8 Å². The minimum atomic E-state index is -0.615. The molecule has 7 heteroatoms. The molecular weight excluding hydrogens is 309 g/mol. The molecule has 2 rings (SSSR count). The topological polar surface area (TPSA) is 57.0 Å². The Morgan fingerprint density at radius 2 is 2.29 bits per heavy atom. The molecule has 0 aliphatic rings. The Labute approximate surface area is 110 Å². The maximum absolute atomic E-state index is 11.1. The van der Waals surface area contributed by atoms with Crippen LogP contribution >= 0.6 is 27.5 Å². The van der Waals surface area contributed by atoms with Crippen LogP contribution in [0, 0.1) is 0 Å². The summed E-state index contributed by atoms with van der Waals surface area (Å²) in [5.74, 6) is 0.185. The van der Waals surface area contributed by atoms with E-state index in [2.05, 4.69) is 26.0 Å². The summed E-state index contributed by atoms with van der Waals surface area (Å²) in [6.07, 6.45) is 4.76. The smallest absolute Gasteiger partial charge is 0.259 e. The van der Waals surface area contributed by atoms with Crippen LogP contribution in [0.5, 0.6) is 5.88 Å². The molecule has 0 fully saturated rings. The molecule has 0 saturated heterocycles.